The molecule has 13 heteroatoms. The van der Waals surface area contributed by atoms with Crippen molar-refractivity contribution in [2.24, 2.45) is 0 Å². The number of aromatic nitrogens is 3. The van der Waals surface area contributed by atoms with E-state index >= 15 is 13.2 Å². The number of nitrogens with one attached hydrogen (secondary N) is 1. The van der Waals surface area contributed by atoms with Crippen LogP contribution in [0.15, 0.2) is 48.8 Å². The van der Waals surface area contributed by atoms with E-state index in [-0.39, 0.29) is 77.2 Å². The van der Waals surface area contributed by atoms with Crippen LogP contribution in [-0.4, -0.2) is 82.6 Å². The first kappa shape index (κ1) is 31.3. The zero-order valence-electron chi connectivity index (χ0n) is 25.4. The van der Waals surface area contributed by atoms with Gasteiger partial charge in [-0.25, -0.2) is 22.0 Å². The predicted molar refractivity (Wildman–Crippen MR) is 164 cm³/mol. The fraction of sp³-hybridized carbons (Fsp3) is 0.364. The Balaban J connectivity index is 1.41. The molecular weight excluding hydrogens is 607 g/mol. The van der Waals surface area contributed by atoms with Crippen molar-refractivity contribution in [3.8, 4) is 11.1 Å². The number of H-pyrrole nitrogens is 1. The molecule has 8 nitrogen and oxygen atoms in total. The maximum absolute atomic E-state index is 16.3. The van der Waals surface area contributed by atoms with Gasteiger partial charge >= 0.3 is 0 Å². The van der Waals surface area contributed by atoms with Crippen molar-refractivity contribution in [2.45, 2.75) is 38.2 Å². The number of hydrogen-bond donors (Lipinski definition) is 1. The minimum absolute atomic E-state index is 0.0402. The summed E-state index contributed by atoms with van der Waals surface area (Å²) in [5.41, 5.74) is 0.104. The Morgan fingerprint density at radius 3 is 2.54 bits per heavy atom. The molecule has 46 heavy (non-hydrogen) atoms. The van der Waals surface area contributed by atoms with Crippen LogP contribution in [0.3, 0.4) is 0 Å². The molecule has 0 saturated carbocycles. The minimum Gasteiger partial charge on any atom is -0.363 e. The number of nitrogens with zero attached hydrogens (tertiary/aromatic N) is 5. The van der Waals surface area contributed by atoms with Gasteiger partial charge in [0.15, 0.2) is 17.5 Å². The predicted octanol–water partition coefficient (Wildman–Crippen LogP) is 6.09. The molecule has 1 N–H and O–H groups in total. The summed E-state index contributed by atoms with van der Waals surface area (Å²) in [5, 5.41) is 4.26. The van der Waals surface area contributed by atoms with Gasteiger partial charge in [-0.1, -0.05) is 6.08 Å². The molecule has 6 rings (SSSR count). The normalized spacial score (nSPS) is 16.5. The van der Waals surface area contributed by atoms with Crippen LogP contribution in [0, 0.1) is 17.5 Å². The van der Waals surface area contributed by atoms with Gasteiger partial charge in [0.05, 0.1) is 17.7 Å². The zero-order chi connectivity index (χ0) is 32.7. The third kappa shape index (κ3) is 5.97. The molecule has 0 bridgehead atoms. The van der Waals surface area contributed by atoms with Gasteiger partial charge in [0, 0.05) is 82.0 Å². The molecule has 0 atom stereocenters. The standard InChI is InChI=1S/C33H33F5N6O2/c1-41(2)32(46)25-17-24-23(21-7-8-26(30(36)28(21)34)43-13-4-10-33(37,38)19-43)16-22(29(35)31(24)40-25)20-6-3-12-42(18-20)27(45)9-15-44-14-5-11-39-44/h5-8,11,14,16-17,40H,3-4,9-10,12-13,15,18-19H2,1-2H3. The second kappa shape index (κ2) is 12.3. The zero-order valence-corrected chi connectivity index (χ0v) is 25.4. The fourth-order valence-corrected chi connectivity index (χ4v) is 6.19. The SMILES string of the molecule is CN(C)C(=O)c1cc2c(-c3ccc(N4CCCC(F)(F)C4)c(F)c3F)cc(C3=CCCN(C(=O)CCn4cccn4)C3)c(F)c2[nH]1. The third-order valence-corrected chi connectivity index (χ3v) is 8.54. The molecule has 2 aliphatic rings. The molecule has 2 aromatic heterocycles. The highest BCUT2D eigenvalue weighted by atomic mass is 19.3. The molecule has 4 heterocycles. The molecule has 4 aromatic rings. The van der Waals surface area contributed by atoms with E-state index in [1.54, 1.807) is 34.1 Å². The van der Waals surface area contributed by atoms with Gasteiger partial charge in [0.2, 0.25) is 5.91 Å². The number of carbonyl (C=O) groups is 2. The van der Waals surface area contributed by atoms with Crippen LogP contribution >= 0.6 is 0 Å². The lowest BCUT2D eigenvalue weighted by Gasteiger charge is -2.34. The highest BCUT2D eigenvalue weighted by Gasteiger charge is 2.37. The van der Waals surface area contributed by atoms with Crippen molar-refractivity contribution in [3.63, 3.8) is 0 Å². The Morgan fingerprint density at radius 2 is 1.83 bits per heavy atom. The molecule has 1 saturated heterocycles. The van der Waals surface area contributed by atoms with E-state index in [0.717, 1.165) is 4.90 Å². The third-order valence-electron chi connectivity index (χ3n) is 8.54. The van der Waals surface area contributed by atoms with Crippen LogP contribution in [0.5, 0.6) is 0 Å². The number of benzene rings is 2. The van der Waals surface area contributed by atoms with E-state index < -0.39 is 35.8 Å². The molecule has 2 amide bonds. The number of hydrogen-bond acceptors (Lipinski definition) is 4. The van der Waals surface area contributed by atoms with Crippen molar-refractivity contribution in [2.75, 3.05) is 45.2 Å². The first-order chi connectivity index (χ1) is 21.9. The average molecular weight is 641 g/mol. The molecule has 2 aromatic carbocycles. The van der Waals surface area contributed by atoms with E-state index in [1.165, 1.54) is 43.3 Å². The highest BCUT2D eigenvalue weighted by molar-refractivity contribution is 6.04. The Bertz CT molecular complexity index is 1830. The van der Waals surface area contributed by atoms with Gasteiger partial charge in [-0.05, 0) is 54.3 Å². The lowest BCUT2D eigenvalue weighted by atomic mass is 9.92. The van der Waals surface area contributed by atoms with Crippen LogP contribution in [0.2, 0.25) is 0 Å². The molecule has 0 radical (unpaired) electrons. The largest absolute Gasteiger partial charge is 0.363 e. The van der Waals surface area contributed by atoms with Crippen molar-refractivity contribution in [1.82, 2.24) is 24.6 Å². The number of amides is 2. The summed E-state index contributed by atoms with van der Waals surface area (Å²) in [7, 11) is 3.05. The van der Waals surface area contributed by atoms with E-state index in [0.29, 0.717) is 25.1 Å². The van der Waals surface area contributed by atoms with Gasteiger partial charge in [0.25, 0.3) is 11.8 Å². The van der Waals surface area contributed by atoms with Crippen molar-refractivity contribution in [3.05, 3.63) is 77.5 Å². The van der Waals surface area contributed by atoms with Gasteiger partial charge in [-0.3, -0.25) is 14.3 Å². The molecule has 2 aliphatic heterocycles. The number of aryl methyl sites for hydroxylation is 1. The number of carbonyl (C=O) groups excluding carboxylic acids is 2. The summed E-state index contributed by atoms with van der Waals surface area (Å²) in [6, 6.07) is 7.08. The van der Waals surface area contributed by atoms with E-state index in [2.05, 4.69) is 10.1 Å². The topological polar surface area (TPSA) is 77.5 Å². The monoisotopic (exact) mass is 640 g/mol. The van der Waals surface area contributed by atoms with Gasteiger partial charge in [-0.15, -0.1) is 0 Å². The Labute approximate surface area is 262 Å². The number of fused-ring (bicyclic) bond motifs is 1. The highest BCUT2D eigenvalue weighted by Crippen LogP contribution is 2.40. The maximum Gasteiger partial charge on any atom is 0.269 e. The molecule has 242 valence electrons. The molecule has 0 spiro atoms. The number of aromatic amines is 1. The Kier molecular flexibility index (Phi) is 8.34. The maximum atomic E-state index is 16.3. The quantitative estimate of drug-likeness (QED) is 0.248. The molecule has 0 unspecified atom stereocenters. The number of rotatable bonds is 7. The van der Waals surface area contributed by atoms with Crippen LogP contribution in [-0.2, 0) is 11.3 Å². The Hall–Kier alpha value is -4.68. The van der Waals surface area contributed by atoms with Crippen LogP contribution in [0.1, 0.15) is 41.7 Å². The van der Waals surface area contributed by atoms with Gasteiger partial charge in [0.1, 0.15) is 5.69 Å². The second-order valence-electron chi connectivity index (χ2n) is 12.0. The number of piperidine rings is 1. The van der Waals surface area contributed by atoms with Gasteiger partial charge < -0.3 is 19.7 Å². The smallest absolute Gasteiger partial charge is 0.269 e. The van der Waals surface area contributed by atoms with Crippen LogP contribution in [0.25, 0.3) is 27.6 Å². The summed E-state index contributed by atoms with van der Waals surface area (Å²) in [4.78, 5) is 32.7. The first-order valence-corrected chi connectivity index (χ1v) is 15.1. The average Bonchev–Trinajstić information content (AvgIpc) is 3.72. The Morgan fingerprint density at radius 1 is 1.02 bits per heavy atom. The second-order valence-corrected chi connectivity index (χ2v) is 12.0. The van der Waals surface area contributed by atoms with Crippen molar-refractivity contribution < 1.29 is 31.5 Å². The summed E-state index contributed by atoms with van der Waals surface area (Å²) in [6.45, 7) is 0.316. The van der Waals surface area contributed by atoms with Crippen molar-refractivity contribution >= 4 is 34.0 Å². The van der Waals surface area contributed by atoms with Gasteiger partial charge in [-0.2, -0.15) is 5.10 Å². The number of halogens is 5. The van der Waals surface area contributed by atoms with Crippen LogP contribution in [0.4, 0.5) is 27.6 Å². The molecule has 1 fully saturated rings. The summed E-state index contributed by atoms with van der Waals surface area (Å²) in [5.74, 6) is -6.90. The van der Waals surface area contributed by atoms with Crippen molar-refractivity contribution in [1.29, 1.82) is 0 Å². The number of alkyl halides is 2. The first-order valence-electron chi connectivity index (χ1n) is 15.1. The number of anilines is 1. The van der Waals surface area contributed by atoms with E-state index in [9.17, 15) is 18.4 Å². The lowest BCUT2D eigenvalue weighted by molar-refractivity contribution is -0.131. The molecular formula is C33H33F5N6O2. The minimum atomic E-state index is -3.03. The van der Waals surface area contributed by atoms with E-state index in [1.807, 2.05) is 0 Å². The summed E-state index contributed by atoms with van der Waals surface area (Å²) >= 11 is 0. The molecule has 0 aliphatic carbocycles. The lowest BCUT2D eigenvalue weighted by Crippen LogP contribution is -2.43. The fourth-order valence-electron chi connectivity index (χ4n) is 6.19. The summed E-state index contributed by atoms with van der Waals surface area (Å²) in [6.07, 6.45) is 5.61. The van der Waals surface area contributed by atoms with Crippen LogP contribution < -0.4 is 4.90 Å². The van der Waals surface area contributed by atoms with E-state index in [4.69, 9.17) is 0 Å². The summed E-state index contributed by atoms with van der Waals surface area (Å²) < 4.78 is 77.7.